The number of hydrogen-bond acceptors (Lipinski definition) is 2. The summed E-state index contributed by atoms with van der Waals surface area (Å²) < 4.78 is 0. The van der Waals surface area contributed by atoms with E-state index < -0.39 is 0 Å². The van der Waals surface area contributed by atoms with Crippen molar-refractivity contribution in [3.63, 3.8) is 0 Å². The maximum atomic E-state index is 5.44. The highest BCUT2D eigenvalue weighted by Gasteiger charge is 2.21. The van der Waals surface area contributed by atoms with Gasteiger partial charge in [-0.1, -0.05) is 212 Å². The molecule has 1 heterocycles. The van der Waals surface area contributed by atoms with E-state index in [-0.39, 0.29) is 0 Å². The van der Waals surface area contributed by atoms with E-state index in [9.17, 15) is 0 Å². The van der Waals surface area contributed by atoms with Gasteiger partial charge in [0.05, 0.1) is 11.4 Å². The molecule has 0 saturated heterocycles. The summed E-state index contributed by atoms with van der Waals surface area (Å²) in [5.41, 5.74) is 19.8. The minimum Gasteiger partial charge on any atom is -0.228 e. The van der Waals surface area contributed by atoms with E-state index in [2.05, 4.69) is 225 Å². The molecule has 2 nitrogen and oxygen atoms in total. The van der Waals surface area contributed by atoms with Gasteiger partial charge < -0.3 is 0 Å². The minimum absolute atomic E-state index is 0.695. The van der Waals surface area contributed by atoms with Crippen molar-refractivity contribution in [2.45, 2.75) is 6.92 Å². The van der Waals surface area contributed by atoms with Crippen LogP contribution in [-0.2, 0) is 0 Å². The molecule has 0 saturated carbocycles. The van der Waals surface area contributed by atoms with E-state index in [1.807, 2.05) is 18.2 Å². The first kappa shape index (κ1) is 37.3. The van der Waals surface area contributed by atoms with Crippen molar-refractivity contribution in [3.8, 4) is 101 Å². The average molecular weight is 779 g/mol. The quantitative estimate of drug-likeness (QED) is 0.146. The minimum atomic E-state index is 0.695. The van der Waals surface area contributed by atoms with Crippen molar-refractivity contribution in [3.05, 3.63) is 242 Å². The van der Waals surface area contributed by atoms with Gasteiger partial charge in [0.15, 0.2) is 5.82 Å². The van der Waals surface area contributed by atoms with E-state index in [0.29, 0.717) is 5.82 Å². The Morgan fingerprint density at radius 3 is 1.15 bits per heavy atom. The lowest BCUT2D eigenvalue weighted by Gasteiger charge is -2.20. The molecule has 2 heteroatoms. The van der Waals surface area contributed by atoms with Crippen LogP contribution in [0.15, 0.2) is 237 Å². The molecule has 0 radical (unpaired) electrons. The molecule has 61 heavy (non-hydrogen) atoms. The summed E-state index contributed by atoms with van der Waals surface area (Å²) in [4.78, 5) is 10.7. The van der Waals surface area contributed by atoms with Gasteiger partial charge in [-0.15, -0.1) is 0 Å². The van der Waals surface area contributed by atoms with Crippen LogP contribution in [0.3, 0.4) is 0 Å². The molecule has 1 aromatic heterocycles. The Morgan fingerprint density at radius 2 is 0.639 bits per heavy atom. The molecule has 0 aliphatic carbocycles. The molecule has 0 atom stereocenters. The average Bonchev–Trinajstić information content (AvgIpc) is 3.35. The summed E-state index contributed by atoms with van der Waals surface area (Å²) in [6, 6.07) is 84.3. The van der Waals surface area contributed by atoms with E-state index in [0.717, 1.165) is 61.5 Å². The van der Waals surface area contributed by atoms with Crippen molar-refractivity contribution < 1.29 is 0 Å². The van der Waals surface area contributed by atoms with Gasteiger partial charge in [-0.05, 0) is 98.0 Å². The molecule has 10 rings (SSSR count). The van der Waals surface area contributed by atoms with Crippen molar-refractivity contribution in [2.24, 2.45) is 0 Å². The molecular formula is C59H42N2. The molecule has 0 aliphatic rings. The van der Waals surface area contributed by atoms with Gasteiger partial charge in [0.2, 0.25) is 0 Å². The van der Waals surface area contributed by atoms with Gasteiger partial charge in [-0.3, -0.25) is 0 Å². The number of nitrogens with zero attached hydrogens (tertiary/aromatic N) is 2. The number of rotatable bonds is 9. The molecular weight excluding hydrogens is 737 g/mol. The molecule has 9 aromatic carbocycles. The van der Waals surface area contributed by atoms with Crippen LogP contribution in [0.2, 0.25) is 0 Å². The zero-order valence-electron chi connectivity index (χ0n) is 33.9. The van der Waals surface area contributed by atoms with Crippen LogP contribution in [0.25, 0.3) is 101 Å². The Labute approximate surface area is 358 Å². The monoisotopic (exact) mass is 778 g/mol. The van der Waals surface area contributed by atoms with Gasteiger partial charge in [-0.25, -0.2) is 9.97 Å². The van der Waals surface area contributed by atoms with Crippen molar-refractivity contribution in [1.82, 2.24) is 9.97 Å². The third-order valence-electron chi connectivity index (χ3n) is 11.5. The lowest BCUT2D eigenvalue weighted by atomic mass is 9.84. The number of hydrogen-bond donors (Lipinski definition) is 0. The second-order valence-corrected chi connectivity index (χ2v) is 15.4. The molecule has 0 N–H and O–H groups in total. The third-order valence-corrected chi connectivity index (χ3v) is 11.5. The van der Waals surface area contributed by atoms with Crippen molar-refractivity contribution in [1.29, 1.82) is 0 Å². The first-order valence-corrected chi connectivity index (χ1v) is 20.8. The first-order valence-electron chi connectivity index (χ1n) is 20.8. The fraction of sp³-hybridized carbons (Fsp3) is 0.0169. The lowest BCUT2D eigenvalue weighted by Crippen LogP contribution is -2.01. The zero-order chi connectivity index (χ0) is 41.0. The van der Waals surface area contributed by atoms with Gasteiger partial charge >= 0.3 is 0 Å². The van der Waals surface area contributed by atoms with Crippen LogP contribution < -0.4 is 0 Å². The molecule has 10 aromatic rings. The summed E-state index contributed by atoms with van der Waals surface area (Å²) in [6.07, 6.45) is 0. The Hall–Kier alpha value is -7.94. The fourth-order valence-corrected chi connectivity index (χ4v) is 8.50. The van der Waals surface area contributed by atoms with Gasteiger partial charge in [0.1, 0.15) is 0 Å². The highest BCUT2D eigenvalue weighted by molar-refractivity contribution is 5.98. The molecule has 0 aliphatic heterocycles. The van der Waals surface area contributed by atoms with E-state index in [1.165, 1.54) is 38.9 Å². The van der Waals surface area contributed by atoms with E-state index in [4.69, 9.17) is 9.97 Å². The normalized spacial score (nSPS) is 11.0. The van der Waals surface area contributed by atoms with Gasteiger partial charge in [0, 0.05) is 22.3 Å². The van der Waals surface area contributed by atoms with Crippen molar-refractivity contribution >= 4 is 0 Å². The number of benzene rings is 9. The summed E-state index contributed by atoms with van der Waals surface area (Å²) in [6.45, 7) is 2.16. The van der Waals surface area contributed by atoms with Crippen LogP contribution in [-0.4, -0.2) is 9.97 Å². The van der Waals surface area contributed by atoms with Crippen LogP contribution in [0.4, 0.5) is 0 Å². The predicted molar refractivity (Wildman–Crippen MR) is 256 cm³/mol. The smallest absolute Gasteiger partial charge is 0.160 e. The van der Waals surface area contributed by atoms with Crippen LogP contribution in [0.5, 0.6) is 0 Å². The summed E-state index contributed by atoms with van der Waals surface area (Å²) in [5.74, 6) is 0.695. The second-order valence-electron chi connectivity index (χ2n) is 15.4. The Balaban J connectivity index is 1.28. The SMILES string of the molecule is Cc1c(-c2ccccc2)nc(-c2ccccc2)nc1-c1cc(-c2ccc(-c3ccccc3)c(-c3ccccc3)c2)cc(-c2c(-c3ccccc3)cccc2-c2ccccc2)c1. The first-order chi connectivity index (χ1) is 30.2. The largest absolute Gasteiger partial charge is 0.228 e. The maximum Gasteiger partial charge on any atom is 0.160 e. The fourth-order valence-electron chi connectivity index (χ4n) is 8.50. The highest BCUT2D eigenvalue weighted by Crippen LogP contribution is 2.45. The van der Waals surface area contributed by atoms with Crippen LogP contribution in [0, 0.1) is 6.92 Å². The second kappa shape index (κ2) is 16.7. The molecule has 0 fully saturated rings. The van der Waals surface area contributed by atoms with Crippen LogP contribution in [0.1, 0.15) is 5.56 Å². The van der Waals surface area contributed by atoms with E-state index in [1.54, 1.807) is 0 Å². The summed E-state index contributed by atoms with van der Waals surface area (Å²) in [5, 5.41) is 0. The topological polar surface area (TPSA) is 25.8 Å². The molecule has 288 valence electrons. The summed E-state index contributed by atoms with van der Waals surface area (Å²) in [7, 11) is 0. The zero-order valence-corrected chi connectivity index (χ0v) is 33.9. The molecule has 0 unspecified atom stereocenters. The Morgan fingerprint density at radius 1 is 0.246 bits per heavy atom. The third kappa shape index (κ3) is 7.60. The van der Waals surface area contributed by atoms with Gasteiger partial charge in [0.25, 0.3) is 0 Å². The standard InChI is InChI=1S/C59H42N2/c1-41-57(46-29-16-6-17-30-46)60-59(47-31-18-7-19-32-47)61-58(41)51-38-49(48-35-36-52(42-21-8-2-9-22-42)55(40-48)45-27-14-5-15-28-45)37-50(39-51)56-53(43-23-10-3-11-24-43)33-20-34-54(56)44-25-12-4-13-26-44/h2-40H,1H3. The predicted octanol–water partition coefficient (Wildman–Crippen LogP) is 15.8. The Kier molecular flexibility index (Phi) is 10.2. The number of aromatic nitrogens is 2. The molecule has 0 amide bonds. The van der Waals surface area contributed by atoms with Crippen molar-refractivity contribution in [2.75, 3.05) is 0 Å². The molecule has 0 bridgehead atoms. The Bertz CT molecular complexity index is 3030. The maximum absolute atomic E-state index is 5.44. The van der Waals surface area contributed by atoms with Gasteiger partial charge in [-0.2, -0.15) is 0 Å². The highest BCUT2D eigenvalue weighted by atomic mass is 14.9. The van der Waals surface area contributed by atoms with Crippen LogP contribution >= 0.6 is 0 Å². The van der Waals surface area contributed by atoms with E-state index >= 15 is 0 Å². The molecule has 0 spiro atoms. The lowest BCUT2D eigenvalue weighted by molar-refractivity contribution is 1.15. The summed E-state index contributed by atoms with van der Waals surface area (Å²) >= 11 is 0.